The molecule has 0 saturated carbocycles. The molecule has 2 rings (SSSR count). The van der Waals surface area contributed by atoms with Crippen LogP contribution in [-0.4, -0.2) is 36.5 Å². The molecule has 0 aliphatic heterocycles. The number of benzene rings is 1. The number of methoxy groups -OCH3 is 2. The second-order valence-corrected chi connectivity index (χ2v) is 5.04. The van der Waals surface area contributed by atoms with Crippen LogP contribution in [0.2, 0.25) is 0 Å². The molecule has 0 amide bonds. The lowest BCUT2D eigenvalue weighted by Crippen LogP contribution is -2.27. The summed E-state index contributed by atoms with van der Waals surface area (Å²) in [6, 6.07) is 3.05. The minimum Gasteiger partial charge on any atom is -0.506 e. The van der Waals surface area contributed by atoms with Crippen LogP contribution in [0.4, 0.5) is 0 Å². The second-order valence-electron chi connectivity index (χ2n) is 5.04. The molecule has 0 fully saturated rings. The number of carbonyl (C=O) groups excluding carboxylic acids is 1. The van der Waals surface area contributed by atoms with Crippen molar-refractivity contribution in [3.63, 3.8) is 0 Å². The predicted molar refractivity (Wildman–Crippen MR) is 93.7 cm³/mol. The van der Waals surface area contributed by atoms with Crippen LogP contribution in [0, 0.1) is 0 Å². The number of nitrogens with zero attached hydrogens (tertiary/aromatic N) is 1. The number of ether oxygens (including phenoxy) is 3. The Balaban J connectivity index is 2.88. The van der Waals surface area contributed by atoms with Crippen molar-refractivity contribution in [1.29, 1.82) is 0 Å². The summed E-state index contributed by atoms with van der Waals surface area (Å²) in [6.07, 6.45) is 2.87. The lowest BCUT2D eigenvalue weighted by Gasteiger charge is -2.16. The van der Waals surface area contributed by atoms with Gasteiger partial charge in [0.1, 0.15) is 12.4 Å². The average molecular weight is 345 g/mol. The normalized spacial score (nSPS) is 10.3. The molecular weight excluding hydrogens is 326 g/mol. The fraction of sp³-hybridized carbons (Fsp3) is 0.222. The highest BCUT2D eigenvalue weighted by atomic mass is 16.5. The summed E-state index contributed by atoms with van der Waals surface area (Å²) in [6.45, 7) is 7.11. The highest BCUT2D eigenvalue weighted by Gasteiger charge is 2.24. The summed E-state index contributed by atoms with van der Waals surface area (Å²) in [5, 5.41) is 10.8. The number of rotatable bonds is 7. The summed E-state index contributed by atoms with van der Waals surface area (Å²) in [7, 11) is 2.90. The zero-order valence-corrected chi connectivity index (χ0v) is 14.1. The first-order valence-electron chi connectivity index (χ1n) is 7.40. The fourth-order valence-corrected chi connectivity index (χ4v) is 2.46. The Morgan fingerprint density at radius 2 is 1.84 bits per heavy atom. The van der Waals surface area contributed by atoms with E-state index >= 15 is 0 Å². The Labute approximate surface area is 144 Å². The number of hydrogen-bond acceptors (Lipinski definition) is 6. The van der Waals surface area contributed by atoms with Gasteiger partial charge in [0.05, 0.1) is 19.7 Å². The number of carbonyl (C=O) groups is 1. The predicted octanol–water partition coefficient (Wildman–Crippen LogP) is 2.25. The van der Waals surface area contributed by atoms with Gasteiger partial charge < -0.3 is 23.9 Å². The molecule has 7 heteroatoms. The van der Waals surface area contributed by atoms with E-state index in [1.54, 1.807) is 6.07 Å². The molecule has 7 nitrogen and oxygen atoms in total. The van der Waals surface area contributed by atoms with Crippen molar-refractivity contribution in [2.24, 2.45) is 0 Å². The molecule has 2 aromatic rings. The van der Waals surface area contributed by atoms with E-state index in [1.165, 1.54) is 37.0 Å². The molecule has 1 N–H and O–H groups in total. The minimum atomic E-state index is -0.933. The van der Waals surface area contributed by atoms with Crippen LogP contribution in [-0.2, 0) is 11.3 Å². The van der Waals surface area contributed by atoms with E-state index in [-0.39, 0.29) is 18.5 Å². The fourth-order valence-electron chi connectivity index (χ4n) is 2.46. The molecule has 1 aromatic heterocycles. The van der Waals surface area contributed by atoms with Crippen molar-refractivity contribution >= 4 is 16.9 Å². The lowest BCUT2D eigenvalue weighted by atomic mass is 10.1. The van der Waals surface area contributed by atoms with E-state index in [2.05, 4.69) is 13.2 Å². The van der Waals surface area contributed by atoms with Crippen molar-refractivity contribution in [3.05, 3.63) is 53.4 Å². The quantitative estimate of drug-likeness (QED) is 0.612. The zero-order valence-electron chi connectivity index (χ0n) is 14.1. The third-order valence-electron chi connectivity index (χ3n) is 3.59. The number of aromatic hydroxyl groups is 1. The van der Waals surface area contributed by atoms with Crippen LogP contribution in [0.1, 0.15) is 10.4 Å². The Morgan fingerprint density at radius 3 is 2.40 bits per heavy atom. The standard InChI is InChI=1S/C18H19NO6/c1-5-7-19-12-10-14(24-4)13(23-3)9-11(12)16(20)15(17(19)21)18(22)25-8-6-2/h5-6,9-10,20H,1-2,7-8H2,3-4H3. The van der Waals surface area contributed by atoms with Gasteiger partial charge in [-0.2, -0.15) is 0 Å². The maximum atomic E-state index is 12.7. The van der Waals surface area contributed by atoms with E-state index in [9.17, 15) is 14.7 Å². The van der Waals surface area contributed by atoms with Gasteiger partial charge in [0.25, 0.3) is 5.56 Å². The molecule has 132 valence electrons. The van der Waals surface area contributed by atoms with E-state index < -0.39 is 22.8 Å². The van der Waals surface area contributed by atoms with E-state index in [0.717, 1.165) is 0 Å². The molecule has 25 heavy (non-hydrogen) atoms. The average Bonchev–Trinajstić information content (AvgIpc) is 2.62. The van der Waals surface area contributed by atoms with Crippen molar-refractivity contribution in [2.45, 2.75) is 6.54 Å². The van der Waals surface area contributed by atoms with Crippen LogP contribution in [0.3, 0.4) is 0 Å². The molecule has 0 spiro atoms. The van der Waals surface area contributed by atoms with Gasteiger partial charge >= 0.3 is 5.97 Å². The van der Waals surface area contributed by atoms with E-state index in [4.69, 9.17) is 14.2 Å². The number of aromatic nitrogens is 1. The van der Waals surface area contributed by atoms with E-state index in [1.807, 2.05) is 0 Å². The van der Waals surface area contributed by atoms with Gasteiger partial charge in [-0.3, -0.25) is 4.79 Å². The van der Waals surface area contributed by atoms with E-state index in [0.29, 0.717) is 17.0 Å². The zero-order chi connectivity index (χ0) is 18.6. The number of allylic oxidation sites excluding steroid dienone is 1. The molecular formula is C18H19NO6. The van der Waals surface area contributed by atoms with Crippen LogP contribution in [0.25, 0.3) is 10.9 Å². The number of fused-ring (bicyclic) bond motifs is 1. The summed E-state index contributed by atoms with van der Waals surface area (Å²) in [5.74, 6) is -0.680. The molecule has 0 bridgehead atoms. The molecule has 0 unspecified atom stereocenters. The topological polar surface area (TPSA) is 87.0 Å². The van der Waals surface area contributed by atoms with Gasteiger partial charge in [0.2, 0.25) is 0 Å². The van der Waals surface area contributed by atoms with Crippen molar-refractivity contribution in [2.75, 3.05) is 20.8 Å². The number of hydrogen-bond donors (Lipinski definition) is 1. The first kappa shape index (κ1) is 18.1. The van der Waals surface area contributed by atoms with Crippen LogP contribution in [0.15, 0.2) is 42.2 Å². The Morgan fingerprint density at radius 1 is 1.20 bits per heavy atom. The summed E-state index contributed by atoms with van der Waals surface area (Å²) in [5.41, 5.74) is -0.769. The summed E-state index contributed by atoms with van der Waals surface area (Å²) in [4.78, 5) is 24.9. The maximum absolute atomic E-state index is 12.7. The number of pyridine rings is 1. The van der Waals surface area contributed by atoms with Crippen LogP contribution in [0.5, 0.6) is 17.2 Å². The first-order chi connectivity index (χ1) is 12.0. The third-order valence-corrected chi connectivity index (χ3v) is 3.59. The lowest BCUT2D eigenvalue weighted by molar-refractivity contribution is 0.0544. The SMILES string of the molecule is C=CCOC(=O)c1c(O)c2cc(OC)c(OC)cc2n(CC=C)c1=O. The molecule has 0 atom stereocenters. The molecule has 0 aliphatic carbocycles. The molecule has 1 heterocycles. The third kappa shape index (κ3) is 3.21. The van der Waals surface area contributed by atoms with Crippen molar-refractivity contribution < 1.29 is 24.1 Å². The molecule has 0 saturated heterocycles. The summed E-state index contributed by atoms with van der Waals surface area (Å²) < 4.78 is 16.7. The molecule has 1 aromatic carbocycles. The highest BCUT2D eigenvalue weighted by Crippen LogP contribution is 2.36. The Hall–Kier alpha value is -3.22. The largest absolute Gasteiger partial charge is 0.506 e. The Bertz CT molecular complexity index is 897. The number of esters is 1. The van der Waals surface area contributed by atoms with Crippen molar-refractivity contribution in [1.82, 2.24) is 4.57 Å². The maximum Gasteiger partial charge on any atom is 0.347 e. The second kappa shape index (κ2) is 7.57. The van der Waals surface area contributed by atoms with Gasteiger partial charge in [-0.15, -0.1) is 6.58 Å². The Kier molecular flexibility index (Phi) is 5.49. The van der Waals surface area contributed by atoms with Crippen LogP contribution < -0.4 is 15.0 Å². The van der Waals surface area contributed by atoms with Crippen LogP contribution >= 0.6 is 0 Å². The van der Waals surface area contributed by atoms with Gasteiger partial charge in [-0.25, -0.2) is 4.79 Å². The van der Waals surface area contributed by atoms with Gasteiger partial charge in [-0.1, -0.05) is 18.7 Å². The van der Waals surface area contributed by atoms with Gasteiger partial charge in [0.15, 0.2) is 17.1 Å². The highest BCUT2D eigenvalue weighted by molar-refractivity contribution is 6.00. The van der Waals surface area contributed by atoms with Gasteiger partial charge in [0, 0.05) is 18.0 Å². The smallest absolute Gasteiger partial charge is 0.347 e. The summed E-state index contributed by atoms with van der Waals surface area (Å²) >= 11 is 0. The van der Waals surface area contributed by atoms with Crippen molar-refractivity contribution in [3.8, 4) is 17.2 Å². The minimum absolute atomic E-state index is 0.0802. The molecule has 0 radical (unpaired) electrons. The molecule has 0 aliphatic rings. The first-order valence-corrected chi connectivity index (χ1v) is 7.40. The monoisotopic (exact) mass is 345 g/mol. The van der Waals surface area contributed by atoms with Gasteiger partial charge in [-0.05, 0) is 6.07 Å².